The highest BCUT2D eigenvalue weighted by Crippen LogP contribution is 2.39. The van der Waals surface area contributed by atoms with Crippen LogP contribution in [0.1, 0.15) is 84.6 Å². The van der Waals surface area contributed by atoms with Crippen LogP contribution in [0.25, 0.3) is 17.7 Å². The predicted molar refractivity (Wildman–Crippen MR) is 157 cm³/mol. The molecule has 1 unspecified atom stereocenters. The molecule has 218 valence electrons. The Morgan fingerprint density at radius 1 is 1.12 bits per heavy atom. The number of cyclic esters (lactones) is 2. The molecule has 42 heavy (non-hydrogen) atoms. The van der Waals surface area contributed by atoms with Gasteiger partial charge in [0.1, 0.15) is 5.57 Å². The molecule has 0 aromatic carbocycles. The Labute approximate surface area is 242 Å². The van der Waals surface area contributed by atoms with E-state index in [1.54, 1.807) is 13.0 Å². The average Bonchev–Trinajstić information content (AvgIpc) is 3.63. The van der Waals surface area contributed by atoms with E-state index in [2.05, 4.69) is 23.8 Å². The van der Waals surface area contributed by atoms with Crippen LogP contribution in [0.5, 0.6) is 0 Å². The first kappa shape index (κ1) is 27.8. The number of hydrogen-bond acceptors (Lipinski definition) is 7. The van der Waals surface area contributed by atoms with Crippen LogP contribution in [-0.2, 0) is 20.7 Å². The normalized spacial score (nSPS) is 28.4. The third-order valence-corrected chi connectivity index (χ3v) is 9.40. The van der Waals surface area contributed by atoms with Crippen molar-refractivity contribution < 1.29 is 29.0 Å². The SMILES string of the molecule is CC[C@H]1C2=NC(Cc3[nH]c(c(C)c3C(C)=O)/C=C3\N=C(C4=c5[nH]/c(cc5C(=O)OC4=O)=C\2)[C@@H](CCC(=O)O)[C@@H]3C)[C@@H]1C. The number of fused-ring (bicyclic) bond motifs is 6. The van der Waals surface area contributed by atoms with Crippen molar-refractivity contribution in [3.8, 4) is 0 Å². The summed E-state index contributed by atoms with van der Waals surface area (Å²) in [5, 5.41) is 10.4. The van der Waals surface area contributed by atoms with Gasteiger partial charge in [-0.15, -0.1) is 0 Å². The summed E-state index contributed by atoms with van der Waals surface area (Å²) in [6.07, 6.45) is 5.38. The molecule has 0 aliphatic carbocycles. The maximum atomic E-state index is 13.3. The molecule has 0 fully saturated rings. The lowest BCUT2D eigenvalue weighted by Gasteiger charge is -2.20. The predicted octanol–water partition coefficient (Wildman–Crippen LogP) is 3.14. The van der Waals surface area contributed by atoms with Crippen molar-refractivity contribution >= 4 is 52.8 Å². The minimum absolute atomic E-state index is 0.0333. The molecule has 0 saturated heterocycles. The van der Waals surface area contributed by atoms with E-state index in [1.807, 2.05) is 26.0 Å². The largest absolute Gasteiger partial charge is 0.481 e. The molecule has 10 heteroatoms. The van der Waals surface area contributed by atoms with E-state index in [4.69, 9.17) is 14.7 Å². The quantitative estimate of drug-likeness (QED) is 0.285. The Kier molecular flexibility index (Phi) is 6.74. The molecular weight excluding hydrogens is 536 g/mol. The monoisotopic (exact) mass is 570 g/mol. The van der Waals surface area contributed by atoms with Gasteiger partial charge in [-0.25, -0.2) is 9.59 Å². The van der Waals surface area contributed by atoms with Crippen LogP contribution in [0.15, 0.2) is 21.7 Å². The highest BCUT2D eigenvalue weighted by Gasteiger charge is 2.41. The van der Waals surface area contributed by atoms with Crippen molar-refractivity contribution in [1.82, 2.24) is 9.97 Å². The summed E-state index contributed by atoms with van der Waals surface area (Å²) in [6.45, 7) is 9.72. The molecule has 10 nitrogen and oxygen atoms in total. The van der Waals surface area contributed by atoms with Gasteiger partial charge >= 0.3 is 17.9 Å². The first-order chi connectivity index (χ1) is 20.0. The van der Waals surface area contributed by atoms with Gasteiger partial charge in [0.25, 0.3) is 0 Å². The van der Waals surface area contributed by atoms with Gasteiger partial charge in [-0.05, 0) is 56.4 Å². The van der Waals surface area contributed by atoms with Crippen LogP contribution in [0.2, 0.25) is 0 Å². The highest BCUT2D eigenvalue weighted by atomic mass is 16.6. The molecule has 0 spiro atoms. The fourth-order valence-corrected chi connectivity index (χ4v) is 7.14. The summed E-state index contributed by atoms with van der Waals surface area (Å²) in [5.41, 5.74) is 5.34. The topological polar surface area (TPSA) is 154 Å². The van der Waals surface area contributed by atoms with E-state index < -0.39 is 23.8 Å². The van der Waals surface area contributed by atoms with Crippen LogP contribution >= 0.6 is 0 Å². The highest BCUT2D eigenvalue weighted by molar-refractivity contribution is 6.44. The fraction of sp³-hybridized carbons (Fsp3) is 0.438. The standard InChI is InChI=1S/C32H34N4O6/c1-6-18-13(2)21-12-25-27(16(5)37)15(4)23(35-25)11-22-14(3)19(7-8-26(38)39)29(36-22)28-30-20(31(40)42-32(28)41)9-17(33-30)10-24(18)34-21/h9-11,13-14,18-19,21,33,35H,6-8,12H2,1-5H3,(H,38,39)/b17-10-,22-11-/t13-,14+,18-,19+,21?/m1/s1. The van der Waals surface area contributed by atoms with E-state index in [0.29, 0.717) is 34.1 Å². The number of ether oxygens (including phenoxy) is 1. The van der Waals surface area contributed by atoms with Crippen molar-refractivity contribution in [3.05, 3.63) is 50.5 Å². The maximum absolute atomic E-state index is 13.3. The number of esters is 2. The molecule has 8 bridgehead atoms. The second-order valence-electron chi connectivity index (χ2n) is 11.9. The fourth-order valence-electron chi connectivity index (χ4n) is 7.14. The van der Waals surface area contributed by atoms with Crippen LogP contribution in [0.3, 0.4) is 0 Å². The lowest BCUT2D eigenvalue weighted by Crippen LogP contribution is -2.36. The summed E-state index contributed by atoms with van der Waals surface area (Å²) in [5.74, 6) is -2.80. The van der Waals surface area contributed by atoms with Crippen molar-refractivity contribution in [3.63, 3.8) is 0 Å². The number of Topliss-reactive ketones (excluding diaryl/α,β-unsaturated/α-hetero) is 1. The third kappa shape index (κ3) is 4.40. The second-order valence-corrected chi connectivity index (χ2v) is 11.9. The van der Waals surface area contributed by atoms with Gasteiger partial charge in [0.2, 0.25) is 0 Å². The molecule has 4 aliphatic rings. The maximum Gasteiger partial charge on any atom is 0.350 e. The summed E-state index contributed by atoms with van der Waals surface area (Å²) in [7, 11) is 0. The Hall–Kier alpha value is -4.34. The lowest BCUT2D eigenvalue weighted by molar-refractivity contribution is -0.137. The van der Waals surface area contributed by atoms with Gasteiger partial charge in [-0.3, -0.25) is 19.6 Å². The van der Waals surface area contributed by atoms with E-state index >= 15 is 0 Å². The van der Waals surface area contributed by atoms with Crippen LogP contribution in [0.4, 0.5) is 0 Å². The van der Waals surface area contributed by atoms with Crippen molar-refractivity contribution in [1.29, 1.82) is 0 Å². The molecule has 2 aromatic rings. The van der Waals surface area contributed by atoms with Gasteiger partial charge in [0, 0.05) is 64.3 Å². The molecule has 0 saturated carbocycles. The van der Waals surface area contributed by atoms with E-state index in [0.717, 1.165) is 29.1 Å². The van der Waals surface area contributed by atoms with E-state index in [1.165, 1.54) is 0 Å². The number of aliphatic carboxylic acids is 1. The molecule has 0 amide bonds. The molecular formula is C32H34N4O6. The molecule has 6 heterocycles. The molecule has 0 radical (unpaired) electrons. The van der Waals surface area contributed by atoms with E-state index in [9.17, 15) is 24.3 Å². The van der Waals surface area contributed by atoms with Gasteiger partial charge in [-0.1, -0.05) is 20.8 Å². The number of ketones is 1. The number of hydrogen-bond donors (Lipinski definition) is 3. The number of carbonyl (C=O) groups excluding carboxylic acids is 3. The number of aromatic amines is 2. The Morgan fingerprint density at radius 3 is 2.57 bits per heavy atom. The lowest BCUT2D eigenvalue weighted by atomic mass is 9.83. The number of nitrogens with one attached hydrogen (secondary N) is 2. The van der Waals surface area contributed by atoms with E-state index in [-0.39, 0.29) is 53.6 Å². The summed E-state index contributed by atoms with van der Waals surface area (Å²) >= 11 is 0. The second kappa shape index (κ2) is 10.2. The number of aromatic nitrogens is 2. The molecule has 3 N–H and O–H groups in total. The molecule has 4 aliphatic heterocycles. The van der Waals surface area contributed by atoms with Gasteiger partial charge in [0.05, 0.1) is 22.7 Å². The number of aliphatic imine (C=N–C) groups is 2. The number of H-pyrrole nitrogens is 2. The summed E-state index contributed by atoms with van der Waals surface area (Å²) < 4.78 is 5.18. The van der Waals surface area contributed by atoms with Crippen LogP contribution in [0, 0.1) is 30.6 Å². The van der Waals surface area contributed by atoms with Crippen molar-refractivity contribution in [2.45, 2.75) is 66.3 Å². The Bertz CT molecular complexity index is 1780. The number of allylic oxidation sites excluding steroid dienone is 1. The van der Waals surface area contributed by atoms with Crippen molar-refractivity contribution in [2.75, 3.05) is 0 Å². The Morgan fingerprint density at radius 2 is 1.88 bits per heavy atom. The smallest absolute Gasteiger partial charge is 0.350 e. The van der Waals surface area contributed by atoms with Crippen LogP contribution in [-0.4, -0.2) is 56.2 Å². The molecule has 5 atom stereocenters. The number of carboxylic acid groups (broad SMARTS) is 1. The first-order valence-corrected chi connectivity index (χ1v) is 14.5. The van der Waals surface area contributed by atoms with Crippen LogP contribution < -0.4 is 10.7 Å². The van der Waals surface area contributed by atoms with Crippen molar-refractivity contribution in [2.24, 2.45) is 33.7 Å². The van der Waals surface area contributed by atoms with Gasteiger partial charge in [-0.2, -0.15) is 0 Å². The minimum atomic E-state index is -0.951. The minimum Gasteiger partial charge on any atom is -0.481 e. The Balaban J connectivity index is 1.66. The van der Waals surface area contributed by atoms with Gasteiger partial charge in [0.15, 0.2) is 5.78 Å². The summed E-state index contributed by atoms with van der Waals surface area (Å²) in [6, 6.07) is 1.62. The third-order valence-electron chi connectivity index (χ3n) is 9.40. The molecule has 2 aromatic heterocycles. The zero-order valence-electron chi connectivity index (χ0n) is 24.3. The number of carbonyl (C=O) groups is 4. The first-order valence-electron chi connectivity index (χ1n) is 14.5. The molecule has 6 rings (SSSR count). The average molecular weight is 571 g/mol. The summed E-state index contributed by atoms with van der Waals surface area (Å²) in [4.78, 5) is 67.3. The van der Waals surface area contributed by atoms with Gasteiger partial charge < -0.3 is 19.8 Å². The zero-order valence-corrected chi connectivity index (χ0v) is 24.3. The number of rotatable bonds is 5. The number of nitrogens with zero attached hydrogens (tertiary/aromatic N) is 2. The zero-order chi connectivity index (χ0) is 30.0. The number of carboxylic acids is 1.